The number of carbonyl (C=O) groups is 2. The van der Waals surface area contributed by atoms with Gasteiger partial charge in [0.1, 0.15) is 18.5 Å². The van der Waals surface area contributed by atoms with Gasteiger partial charge in [-0.15, -0.1) is 11.8 Å². The van der Waals surface area contributed by atoms with Crippen LogP contribution in [0.4, 0.5) is 17.6 Å². The standard InChI is InChI=1S/C26H21F4N3O4S/c1-14(26(28,29)30)31-13-33(32-10-9-20(35)24(37-15(2)34)23(32)25(31)36)22-18-5-3-4-6-21(18)38-12-16-7-8-17(27)11-19(16)22/h3-11,14,22H,12-13H2,1-2H3/t14-,22+/m1/s1. The molecule has 1 amide bonds. The van der Waals surface area contributed by atoms with E-state index >= 15 is 0 Å². The highest BCUT2D eigenvalue weighted by molar-refractivity contribution is 7.98. The smallest absolute Gasteiger partial charge is 0.408 e. The summed E-state index contributed by atoms with van der Waals surface area (Å²) in [5.74, 6) is -2.78. The van der Waals surface area contributed by atoms with Crippen LogP contribution in [0.25, 0.3) is 0 Å². The first-order valence-electron chi connectivity index (χ1n) is 11.6. The molecule has 12 heteroatoms. The molecule has 0 saturated heterocycles. The lowest BCUT2D eigenvalue weighted by molar-refractivity contribution is -0.173. The highest BCUT2D eigenvalue weighted by Gasteiger charge is 2.48. The zero-order valence-electron chi connectivity index (χ0n) is 20.2. The molecular formula is C26H21F4N3O4S. The number of ether oxygens (including phenoxy) is 1. The van der Waals surface area contributed by atoms with Crippen molar-refractivity contribution in [1.29, 1.82) is 0 Å². The number of rotatable bonds is 3. The number of hydrogen-bond donors (Lipinski definition) is 0. The predicted molar refractivity (Wildman–Crippen MR) is 131 cm³/mol. The zero-order valence-corrected chi connectivity index (χ0v) is 21.0. The van der Waals surface area contributed by atoms with Crippen LogP contribution < -0.4 is 15.2 Å². The van der Waals surface area contributed by atoms with Crippen LogP contribution in [0, 0.1) is 5.82 Å². The van der Waals surface area contributed by atoms with E-state index in [9.17, 15) is 31.9 Å². The highest BCUT2D eigenvalue weighted by atomic mass is 32.2. The molecule has 0 saturated carbocycles. The lowest BCUT2D eigenvalue weighted by Crippen LogP contribution is -2.60. The molecule has 2 aromatic carbocycles. The minimum Gasteiger partial charge on any atom is -0.420 e. The van der Waals surface area contributed by atoms with Crippen LogP contribution in [0.15, 0.2) is 64.4 Å². The Morgan fingerprint density at radius 3 is 2.55 bits per heavy atom. The second kappa shape index (κ2) is 9.50. The monoisotopic (exact) mass is 547 g/mol. The molecule has 38 heavy (non-hydrogen) atoms. The van der Waals surface area contributed by atoms with Gasteiger partial charge in [-0.25, -0.2) is 4.39 Å². The third-order valence-electron chi connectivity index (χ3n) is 6.56. The molecule has 1 aromatic heterocycles. The van der Waals surface area contributed by atoms with Crippen LogP contribution in [0.3, 0.4) is 0 Å². The number of benzene rings is 2. The van der Waals surface area contributed by atoms with Gasteiger partial charge in [0.25, 0.3) is 5.91 Å². The third-order valence-corrected chi connectivity index (χ3v) is 7.70. The van der Waals surface area contributed by atoms with Gasteiger partial charge in [-0.1, -0.05) is 24.3 Å². The van der Waals surface area contributed by atoms with E-state index in [0.29, 0.717) is 21.8 Å². The number of pyridine rings is 1. The number of hydrogen-bond acceptors (Lipinski definition) is 6. The Morgan fingerprint density at radius 1 is 1.11 bits per heavy atom. The molecule has 3 aromatic rings. The molecule has 0 bridgehead atoms. The van der Waals surface area contributed by atoms with E-state index in [2.05, 4.69) is 0 Å². The maximum absolute atomic E-state index is 14.6. The fraction of sp³-hybridized carbons (Fsp3) is 0.269. The van der Waals surface area contributed by atoms with E-state index < -0.39 is 59.5 Å². The molecule has 0 radical (unpaired) electrons. The van der Waals surface area contributed by atoms with Crippen molar-refractivity contribution >= 4 is 23.6 Å². The second-order valence-electron chi connectivity index (χ2n) is 8.94. The average molecular weight is 548 g/mol. The van der Waals surface area contributed by atoms with Gasteiger partial charge in [0, 0.05) is 29.8 Å². The number of halogens is 4. The van der Waals surface area contributed by atoms with Crippen LogP contribution in [-0.4, -0.2) is 40.3 Å². The second-order valence-corrected chi connectivity index (χ2v) is 9.96. The summed E-state index contributed by atoms with van der Waals surface area (Å²) in [7, 11) is 0. The molecule has 2 atom stereocenters. The molecule has 2 aliphatic rings. The van der Waals surface area contributed by atoms with Crippen LogP contribution >= 0.6 is 11.8 Å². The van der Waals surface area contributed by atoms with Crippen LogP contribution in [0.5, 0.6) is 5.75 Å². The van der Waals surface area contributed by atoms with Gasteiger partial charge in [-0.3, -0.25) is 24.1 Å². The van der Waals surface area contributed by atoms with Crippen LogP contribution in [0.1, 0.15) is 47.1 Å². The summed E-state index contributed by atoms with van der Waals surface area (Å²) in [5, 5.41) is 1.45. The number of nitrogens with zero attached hydrogens (tertiary/aromatic N) is 3. The number of fused-ring (bicyclic) bond motifs is 3. The maximum Gasteiger partial charge on any atom is 0.408 e. The van der Waals surface area contributed by atoms with Gasteiger partial charge >= 0.3 is 12.1 Å². The lowest BCUT2D eigenvalue weighted by Gasteiger charge is -2.46. The Morgan fingerprint density at radius 2 is 1.84 bits per heavy atom. The number of amides is 1. The number of esters is 1. The molecule has 3 heterocycles. The largest absolute Gasteiger partial charge is 0.420 e. The Labute approximate surface area is 218 Å². The summed E-state index contributed by atoms with van der Waals surface area (Å²) in [6.45, 7) is 1.31. The van der Waals surface area contributed by atoms with E-state index in [-0.39, 0.29) is 0 Å². The molecule has 7 nitrogen and oxygen atoms in total. The first-order valence-corrected chi connectivity index (χ1v) is 12.5. The van der Waals surface area contributed by atoms with Gasteiger partial charge in [0.05, 0.1) is 6.04 Å². The molecule has 0 fully saturated rings. The van der Waals surface area contributed by atoms with Crippen molar-refractivity contribution < 1.29 is 31.9 Å². The van der Waals surface area contributed by atoms with E-state index in [1.165, 1.54) is 39.8 Å². The van der Waals surface area contributed by atoms with E-state index in [4.69, 9.17) is 4.74 Å². The molecule has 0 unspecified atom stereocenters. The van der Waals surface area contributed by atoms with Crippen LogP contribution in [-0.2, 0) is 10.5 Å². The van der Waals surface area contributed by atoms with Crippen molar-refractivity contribution in [3.8, 4) is 5.75 Å². The average Bonchev–Trinajstić information content (AvgIpc) is 3.01. The summed E-state index contributed by atoms with van der Waals surface area (Å²) in [4.78, 5) is 39.3. The number of alkyl halides is 3. The van der Waals surface area contributed by atoms with E-state index in [0.717, 1.165) is 30.4 Å². The van der Waals surface area contributed by atoms with Gasteiger partial charge in [0.15, 0.2) is 5.69 Å². The van der Waals surface area contributed by atoms with Gasteiger partial charge in [-0.05, 0) is 41.8 Å². The molecule has 0 spiro atoms. The Balaban J connectivity index is 1.81. The van der Waals surface area contributed by atoms with Crippen molar-refractivity contribution in [3.63, 3.8) is 0 Å². The normalized spacial score (nSPS) is 17.7. The molecule has 2 aliphatic heterocycles. The molecule has 198 valence electrons. The summed E-state index contributed by atoms with van der Waals surface area (Å²) in [5.41, 5.74) is 0.559. The fourth-order valence-corrected chi connectivity index (χ4v) is 5.80. The van der Waals surface area contributed by atoms with Crippen molar-refractivity contribution in [2.75, 3.05) is 11.7 Å². The summed E-state index contributed by atoms with van der Waals surface area (Å²) < 4.78 is 62.6. The fourth-order valence-electron chi connectivity index (χ4n) is 4.70. The minimum atomic E-state index is -4.79. The number of carbonyl (C=O) groups excluding carboxylic acids is 2. The van der Waals surface area contributed by atoms with Crippen molar-refractivity contribution in [2.24, 2.45) is 0 Å². The topological polar surface area (TPSA) is 71.8 Å². The first-order chi connectivity index (χ1) is 18.0. The van der Waals surface area contributed by atoms with Crippen molar-refractivity contribution in [1.82, 2.24) is 9.58 Å². The van der Waals surface area contributed by atoms with Gasteiger partial charge < -0.3 is 9.64 Å². The van der Waals surface area contributed by atoms with E-state index in [1.807, 2.05) is 12.1 Å². The zero-order chi connectivity index (χ0) is 27.4. The van der Waals surface area contributed by atoms with Gasteiger partial charge in [-0.2, -0.15) is 13.2 Å². The van der Waals surface area contributed by atoms with E-state index in [1.54, 1.807) is 18.2 Å². The molecular weight excluding hydrogens is 526 g/mol. The van der Waals surface area contributed by atoms with Gasteiger partial charge in [0.2, 0.25) is 11.2 Å². The Bertz CT molecular complexity index is 1510. The molecule has 0 N–H and O–H groups in total. The summed E-state index contributed by atoms with van der Waals surface area (Å²) >= 11 is 1.49. The number of thioether (sulfide) groups is 1. The van der Waals surface area contributed by atoms with Crippen LogP contribution in [0.2, 0.25) is 0 Å². The Kier molecular flexibility index (Phi) is 6.46. The molecule has 0 aliphatic carbocycles. The maximum atomic E-state index is 14.6. The first kappa shape index (κ1) is 25.8. The molecule has 5 rings (SSSR count). The highest BCUT2D eigenvalue weighted by Crippen LogP contribution is 2.43. The quantitative estimate of drug-likeness (QED) is 0.353. The third kappa shape index (κ3) is 4.42. The summed E-state index contributed by atoms with van der Waals surface area (Å²) in [6, 6.07) is 9.46. The Hall–Kier alpha value is -3.80. The van der Waals surface area contributed by atoms with Crippen molar-refractivity contribution in [3.05, 3.63) is 93.2 Å². The SMILES string of the molecule is CC(=O)Oc1c2n(ccc1=O)N([C@@H]1c3cc(F)ccc3CSc3ccccc31)CN([C@H](C)C(F)(F)F)C2=O. The summed E-state index contributed by atoms with van der Waals surface area (Å²) in [6.07, 6.45) is -3.54. The number of aromatic nitrogens is 1. The predicted octanol–water partition coefficient (Wildman–Crippen LogP) is 4.61. The minimum absolute atomic E-state index is 0.480. The van der Waals surface area contributed by atoms with Crippen molar-refractivity contribution in [2.45, 2.75) is 42.8 Å². The lowest BCUT2D eigenvalue weighted by atomic mass is 9.94.